The maximum absolute atomic E-state index is 12.8. The number of carboxylic acids is 1. The van der Waals surface area contributed by atoms with Crippen molar-refractivity contribution in [3.63, 3.8) is 0 Å². The Labute approximate surface area is 376 Å². The lowest BCUT2D eigenvalue weighted by molar-refractivity contribution is -0.887. The number of esters is 2. The van der Waals surface area contributed by atoms with Crippen LogP contribution in [0.5, 0.6) is 0 Å². The molecule has 0 radical (unpaired) electrons. The standard InChI is InChI=1S/C53H97NO7/c1-6-8-10-12-14-16-18-20-22-24-26-28-30-32-34-36-38-40-42-44-52(56)61-49(47-59-46-45-50(53(57)58)54(3,4)5)48-60-51(55)43-41-39-37-35-33-31-29-27-25-23-21-19-17-15-13-11-9-7-2/h14,16,18,20,27,29,49-50H,6-13,15,17,19,21-26,28,30-48H2,1-5H3/p+1/b16-14+,20-18+,29-27+. The number of hydrogen-bond donors (Lipinski definition) is 1. The smallest absolute Gasteiger partial charge is 0.362 e. The second-order valence-electron chi connectivity index (χ2n) is 18.4. The molecule has 0 aliphatic rings. The number of rotatable bonds is 46. The van der Waals surface area contributed by atoms with Gasteiger partial charge in [0.1, 0.15) is 6.61 Å². The summed E-state index contributed by atoms with van der Waals surface area (Å²) in [6, 6.07) is -0.616. The van der Waals surface area contributed by atoms with Crippen molar-refractivity contribution in [1.82, 2.24) is 0 Å². The first kappa shape index (κ1) is 58.6. The van der Waals surface area contributed by atoms with Crippen molar-refractivity contribution < 1.29 is 38.2 Å². The fraction of sp³-hybridized carbons (Fsp3) is 0.830. The molecule has 0 aromatic heterocycles. The number of allylic oxidation sites excluding steroid dienone is 6. The van der Waals surface area contributed by atoms with Crippen molar-refractivity contribution in [3.05, 3.63) is 36.5 Å². The lowest BCUT2D eigenvalue weighted by atomic mass is 10.1. The van der Waals surface area contributed by atoms with Crippen molar-refractivity contribution in [2.45, 2.75) is 244 Å². The molecule has 2 unspecified atom stereocenters. The Morgan fingerprint density at radius 2 is 0.869 bits per heavy atom. The summed E-state index contributed by atoms with van der Waals surface area (Å²) in [6.07, 6.45) is 51.9. The van der Waals surface area contributed by atoms with Crippen molar-refractivity contribution in [1.29, 1.82) is 0 Å². The lowest BCUT2D eigenvalue weighted by Gasteiger charge is -2.31. The predicted octanol–water partition coefficient (Wildman–Crippen LogP) is 14.6. The largest absolute Gasteiger partial charge is 0.477 e. The molecule has 0 rings (SSSR count). The third-order valence-electron chi connectivity index (χ3n) is 11.5. The van der Waals surface area contributed by atoms with Gasteiger partial charge in [0.2, 0.25) is 0 Å². The molecule has 0 spiro atoms. The molecule has 356 valence electrons. The fourth-order valence-electron chi connectivity index (χ4n) is 7.55. The molecule has 0 bridgehead atoms. The average molecular weight is 861 g/mol. The van der Waals surface area contributed by atoms with Gasteiger partial charge >= 0.3 is 17.9 Å². The molecule has 0 amide bonds. The van der Waals surface area contributed by atoms with Crippen LogP contribution in [0.3, 0.4) is 0 Å². The summed E-state index contributed by atoms with van der Waals surface area (Å²) < 4.78 is 17.3. The van der Waals surface area contributed by atoms with E-state index < -0.39 is 18.1 Å². The van der Waals surface area contributed by atoms with Gasteiger partial charge in [-0.1, -0.05) is 185 Å². The lowest BCUT2D eigenvalue weighted by Crippen LogP contribution is -2.50. The Hall–Kier alpha value is -2.45. The molecule has 0 fully saturated rings. The second kappa shape index (κ2) is 44.2. The maximum atomic E-state index is 12.8. The van der Waals surface area contributed by atoms with Crippen LogP contribution in [-0.4, -0.2) is 80.6 Å². The molecule has 2 atom stereocenters. The van der Waals surface area contributed by atoms with E-state index in [0.717, 1.165) is 44.9 Å². The Morgan fingerprint density at radius 1 is 0.492 bits per heavy atom. The van der Waals surface area contributed by atoms with Crippen LogP contribution in [0.15, 0.2) is 36.5 Å². The zero-order valence-electron chi connectivity index (χ0n) is 40.6. The maximum Gasteiger partial charge on any atom is 0.362 e. The highest BCUT2D eigenvalue weighted by atomic mass is 16.6. The number of carbonyl (C=O) groups excluding carboxylic acids is 2. The summed E-state index contributed by atoms with van der Waals surface area (Å²) >= 11 is 0. The first-order chi connectivity index (χ1) is 29.6. The Kier molecular flexibility index (Phi) is 42.4. The van der Waals surface area contributed by atoms with Gasteiger partial charge in [-0.15, -0.1) is 0 Å². The summed E-state index contributed by atoms with van der Waals surface area (Å²) in [5, 5.41) is 9.65. The minimum Gasteiger partial charge on any atom is -0.477 e. The second-order valence-corrected chi connectivity index (χ2v) is 18.4. The minimum absolute atomic E-state index is 0.0547. The van der Waals surface area contributed by atoms with E-state index in [4.69, 9.17) is 14.2 Å². The molecule has 8 heteroatoms. The van der Waals surface area contributed by atoms with Gasteiger partial charge in [0, 0.05) is 19.3 Å². The first-order valence-electron chi connectivity index (χ1n) is 25.5. The van der Waals surface area contributed by atoms with Crippen LogP contribution in [0.25, 0.3) is 0 Å². The molecular formula is C53H98NO7+. The van der Waals surface area contributed by atoms with E-state index in [-0.39, 0.29) is 36.2 Å². The summed E-state index contributed by atoms with van der Waals surface area (Å²) in [5.74, 6) is -1.47. The first-order valence-corrected chi connectivity index (χ1v) is 25.5. The highest BCUT2D eigenvalue weighted by molar-refractivity contribution is 5.72. The number of aliphatic carboxylic acids is 1. The van der Waals surface area contributed by atoms with Crippen molar-refractivity contribution in [2.24, 2.45) is 0 Å². The normalized spacial score (nSPS) is 13.1. The van der Waals surface area contributed by atoms with Crippen LogP contribution in [0.1, 0.15) is 232 Å². The number of hydrogen-bond acceptors (Lipinski definition) is 6. The molecule has 0 aliphatic carbocycles. The van der Waals surface area contributed by atoms with Gasteiger partial charge in [0.25, 0.3) is 0 Å². The number of nitrogens with zero attached hydrogens (tertiary/aromatic N) is 1. The summed E-state index contributed by atoms with van der Waals surface area (Å²) in [6.45, 7) is 4.72. The zero-order valence-corrected chi connectivity index (χ0v) is 40.6. The van der Waals surface area contributed by atoms with Crippen LogP contribution in [0.4, 0.5) is 0 Å². The summed E-state index contributed by atoms with van der Waals surface area (Å²) in [5.41, 5.74) is 0. The van der Waals surface area contributed by atoms with Crippen molar-refractivity contribution >= 4 is 17.9 Å². The van der Waals surface area contributed by atoms with Gasteiger partial charge in [-0.25, -0.2) is 4.79 Å². The monoisotopic (exact) mass is 861 g/mol. The molecule has 0 heterocycles. The third-order valence-corrected chi connectivity index (χ3v) is 11.5. The van der Waals surface area contributed by atoms with E-state index in [1.54, 1.807) is 0 Å². The molecular weight excluding hydrogens is 763 g/mol. The Bertz CT molecular complexity index is 1090. The average Bonchev–Trinajstić information content (AvgIpc) is 3.22. The van der Waals surface area contributed by atoms with Gasteiger partial charge in [0.05, 0.1) is 34.4 Å². The summed E-state index contributed by atoms with van der Waals surface area (Å²) in [4.78, 5) is 37.1. The fourth-order valence-corrected chi connectivity index (χ4v) is 7.55. The van der Waals surface area contributed by atoms with Crippen LogP contribution >= 0.6 is 0 Å². The Morgan fingerprint density at radius 3 is 1.31 bits per heavy atom. The van der Waals surface area contributed by atoms with Crippen molar-refractivity contribution in [3.8, 4) is 0 Å². The topological polar surface area (TPSA) is 99.1 Å². The number of unbranched alkanes of at least 4 members (excludes halogenated alkanes) is 27. The van der Waals surface area contributed by atoms with Gasteiger partial charge in [-0.05, 0) is 64.2 Å². The molecule has 0 saturated carbocycles. The van der Waals surface area contributed by atoms with Crippen LogP contribution in [0.2, 0.25) is 0 Å². The number of ether oxygens (including phenoxy) is 3. The molecule has 1 N–H and O–H groups in total. The number of quaternary nitrogens is 1. The quantitative estimate of drug-likeness (QED) is 0.0214. The van der Waals surface area contributed by atoms with Crippen LogP contribution in [0, 0.1) is 0 Å². The molecule has 0 saturated heterocycles. The Balaban J connectivity index is 4.26. The van der Waals surface area contributed by atoms with E-state index in [1.165, 1.54) is 154 Å². The SMILES string of the molecule is CCCCC/C=C/C=C/CCCCCCCCCCCCC(=O)OC(COCCC(C(=O)O)[N+](C)(C)C)COC(=O)CCCCCCC/C=C/CCCCCCCCCCC. The molecule has 0 aromatic rings. The number of likely N-dealkylation sites (N-methyl/N-ethyl adjacent to an activating group) is 1. The van der Waals surface area contributed by atoms with Gasteiger partial charge in [-0.2, -0.15) is 0 Å². The van der Waals surface area contributed by atoms with Gasteiger partial charge in [0.15, 0.2) is 12.1 Å². The molecule has 61 heavy (non-hydrogen) atoms. The zero-order chi connectivity index (χ0) is 44.9. The van der Waals surface area contributed by atoms with E-state index in [0.29, 0.717) is 19.3 Å². The van der Waals surface area contributed by atoms with E-state index in [2.05, 4.69) is 50.3 Å². The highest BCUT2D eigenvalue weighted by Gasteiger charge is 2.31. The van der Waals surface area contributed by atoms with Crippen LogP contribution in [-0.2, 0) is 28.6 Å². The molecule has 0 aliphatic heterocycles. The third kappa shape index (κ3) is 42.6. The van der Waals surface area contributed by atoms with E-state index >= 15 is 0 Å². The molecule has 0 aromatic carbocycles. The molecule has 8 nitrogen and oxygen atoms in total. The predicted molar refractivity (Wildman–Crippen MR) is 257 cm³/mol. The van der Waals surface area contributed by atoms with E-state index in [9.17, 15) is 19.5 Å². The minimum atomic E-state index is -0.875. The van der Waals surface area contributed by atoms with Crippen LogP contribution < -0.4 is 0 Å². The summed E-state index contributed by atoms with van der Waals surface area (Å²) in [7, 11) is 5.54. The number of carbonyl (C=O) groups is 3. The van der Waals surface area contributed by atoms with Gasteiger partial charge < -0.3 is 23.8 Å². The van der Waals surface area contributed by atoms with E-state index in [1.807, 2.05) is 21.1 Å². The highest BCUT2D eigenvalue weighted by Crippen LogP contribution is 2.15. The number of carboxylic acid groups (broad SMARTS) is 1. The van der Waals surface area contributed by atoms with Crippen molar-refractivity contribution in [2.75, 3.05) is 41.0 Å². The van der Waals surface area contributed by atoms with Gasteiger partial charge in [-0.3, -0.25) is 9.59 Å².